The Morgan fingerprint density at radius 2 is 1.92 bits per heavy atom. The molecule has 1 amide bonds. The van der Waals surface area contributed by atoms with Crippen LogP contribution in [-0.4, -0.2) is 17.6 Å². The standard InChI is InChI=1S/C21H20N2O2/c24-21(25-16-17-8-2-1-3-9-17)23-14-5-4-10-18-11-6-13-20-19(18)12-7-15-22-20/h1-4,6-13,15H,5,14,16H2,(H,23,24). The molecule has 1 aromatic heterocycles. The van der Waals surface area contributed by atoms with Gasteiger partial charge in [-0.25, -0.2) is 4.79 Å². The highest BCUT2D eigenvalue weighted by molar-refractivity contribution is 5.87. The van der Waals surface area contributed by atoms with Crippen LogP contribution in [0.2, 0.25) is 0 Å². The van der Waals surface area contributed by atoms with Crippen LogP contribution in [0.4, 0.5) is 4.79 Å². The van der Waals surface area contributed by atoms with Crippen LogP contribution in [-0.2, 0) is 11.3 Å². The molecule has 0 aliphatic rings. The maximum Gasteiger partial charge on any atom is 0.407 e. The van der Waals surface area contributed by atoms with E-state index in [1.54, 1.807) is 6.20 Å². The summed E-state index contributed by atoms with van der Waals surface area (Å²) in [4.78, 5) is 16.0. The van der Waals surface area contributed by atoms with Crippen molar-refractivity contribution in [2.24, 2.45) is 0 Å². The normalized spacial score (nSPS) is 10.9. The van der Waals surface area contributed by atoms with Gasteiger partial charge >= 0.3 is 6.09 Å². The molecule has 1 heterocycles. The van der Waals surface area contributed by atoms with E-state index >= 15 is 0 Å². The second-order valence-corrected chi connectivity index (χ2v) is 5.60. The highest BCUT2D eigenvalue weighted by Gasteiger charge is 2.01. The molecule has 126 valence electrons. The Bertz CT molecular complexity index is 855. The molecule has 0 atom stereocenters. The van der Waals surface area contributed by atoms with E-state index in [1.165, 1.54) is 0 Å². The van der Waals surface area contributed by atoms with Gasteiger partial charge in [-0.1, -0.05) is 60.7 Å². The number of fused-ring (bicyclic) bond motifs is 1. The molecule has 0 aliphatic heterocycles. The first-order chi connectivity index (χ1) is 12.3. The summed E-state index contributed by atoms with van der Waals surface area (Å²) >= 11 is 0. The molecule has 0 aliphatic carbocycles. The van der Waals surface area contributed by atoms with Crippen LogP contribution in [0.3, 0.4) is 0 Å². The number of ether oxygens (including phenoxy) is 1. The van der Waals surface area contributed by atoms with Crippen molar-refractivity contribution in [2.75, 3.05) is 6.54 Å². The molecule has 0 saturated heterocycles. The zero-order valence-electron chi connectivity index (χ0n) is 13.9. The van der Waals surface area contributed by atoms with E-state index in [2.05, 4.69) is 28.5 Å². The minimum absolute atomic E-state index is 0.283. The topological polar surface area (TPSA) is 51.2 Å². The van der Waals surface area contributed by atoms with Crippen LogP contribution >= 0.6 is 0 Å². The lowest BCUT2D eigenvalue weighted by Crippen LogP contribution is -2.24. The number of nitrogens with zero attached hydrogens (tertiary/aromatic N) is 1. The number of carbonyl (C=O) groups excluding carboxylic acids is 1. The Morgan fingerprint density at radius 1 is 1.04 bits per heavy atom. The summed E-state index contributed by atoms with van der Waals surface area (Å²) in [6.45, 7) is 0.818. The predicted octanol–water partition coefficient (Wildman–Crippen LogP) is 4.56. The highest BCUT2D eigenvalue weighted by Crippen LogP contribution is 2.17. The molecule has 0 saturated carbocycles. The van der Waals surface area contributed by atoms with Gasteiger partial charge in [-0.15, -0.1) is 0 Å². The van der Waals surface area contributed by atoms with Crippen molar-refractivity contribution in [2.45, 2.75) is 13.0 Å². The molecule has 4 nitrogen and oxygen atoms in total. The summed E-state index contributed by atoms with van der Waals surface area (Å²) in [6, 6.07) is 19.7. The molecule has 0 fully saturated rings. The van der Waals surface area contributed by atoms with Crippen molar-refractivity contribution >= 4 is 23.1 Å². The van der Waals surface area contributed by atoms with Gasteiger partial charge in [-0.05, 0) is 29.7 Å². The Hall–Kier alpha value is -3.14. The van der Waals surface area contributed by atoms with E-state index in [9.17, 15) is 4.79 Å². The van der Waals surface area contributed by atoms with E-state index in [0.717, 1.165) is 28.5 Å². The molecular weight excluding hydrogens is 312 g/mol. The summed E-state index contributed by atoms with van der Waals surface area (Å²) < 4.78 is 5.17. The van der Waals surface area contributed by atoms with Gasteiger partial charge in [-0.2, -0.15) is 0 Å². The van der Waals surface area contributed by atoms with Crippen LogP contribution in [0.5, 0.6) is 0 Å². The minimum atomic E-state index is -0.397. The van der Waals surface area contributed by atoms with Crippen molar-refractivity contribution in [3.63, 3.8) is 0 Å². The summed E-state index contributed by atoms with van der Waals surface area (Å²) in [5.41, 5.74) is 3.08. The lowest BCUT2D eigenvalue weighted by molar-refractivity contribution is 0.140. The Balaban J connectivity index is 1.43. The third kappa shape index (κ3) is 4.91. The van der Waals surface area contributed by atoms with Gasteiger partial charge in [0.25, 0.3) is 0 Å². The Kier molecular flexibility index (Phi) is 5.77. The van der Waals surface area contributed by atoms with Gasteiger partial charge in [0, 0.05) is 18.1 Å². The number of hydrogen-bond donors (Lipinski definition) is 1. The SMILES string of the molecule is O=C(NCCC=Cc1cccc2ncccc12)OCc1ccccc1. The first-order valence-corrected chi connectivity index (χ1v) is 8.28. The van der Waals surface area contributed by atoms with Gasteiger partial charge < -0.3 is 10.1 Å². The van der Waals surface area contributed by atoms with Gasteiger partial charge in [0.05, 0.1) is 5.52 Å². The van der Waals surface area contributed by atoms with E-state index in [0.29, 0.717) is 6.54 Å². The maximum atomic E-state index is 11.7. The molecule has 3 aromatic rings. The molecule has 0 radical (unpaired) electrons. The number of amides is 1. The molecule has 1 N–H and O–H groups in total. The number of rotatable bonds is 6. The number of nitrogens with one attached hydrogen (secondary N) is 1. The smallest absolute Gasteiger partial charge is 0.407 e. The van der Waals surface area contributed by atoms with Crippen LogP contribution < -0.4 is 5.32 Å². The van der Waals surface area contributed by atoms with Gasteiger partial charge in [0.1, 0.15) is 6.61 Å². The molecule has 3 rings (SSSR count). The maximum absolute atomic E-state index is 11.7. The van der Waals surface area contributed by atoms with Gasteiger partial charge in [-0.3, -0.25) is 4.98 Å². The van der Waals surface area contributed by atoms with E-state index in [-0.39, 0.29) is 6.61 Å². The van der Waals surface area contributed by atoms with Gasteiger partial charge in [0.2, 0.25) is 0 Å². The van der Waals surface area contributed by atoms with Crippen LogP contribution in [0.15, 0.2) is 72.9 Å². The number of pyridine rings is 1. The quantitative estimate of drug-likeness (QED) is 0.673. The van der Waals surface area contributed by atoms with Crippen molar-refractivity contribution in [1.82, 2.24) is 10.3 Å². The zero-order chi connectivity index (χ0) is 17.3. The first-order valence-electron chi connectivity index (χ1n) is 8.28. The molecule has 2 aromatic carbocycles. The van der Waals surface area contributed by atoms with E-state index in [4.69, 9.17) is 4.74 Å². The lowest BCUT2D eigenvalue weighted by atomic mass is 10.1. The molecule has 4 heteroatoms. The summed E-state index contributed by atoms with van der Waals surface area (Å²) in [5.74, 6) is 0. The second-order valence-electron chi connectivity index (χ2n) is 5.60. The Morgan fingerprint density at radius 3 is 2.80 bits per heavy atom. The van der Waals surface area contributed by atoms with Crippen molar-refractivity contribution in [3.8, 4) is 0 Å². The highest BCUT2D eigenvalue weighted by atomic mass is 16.5. The van der Waals surface area contributed by atoms with E-state index < -0.39 is 6.09 Å². The second kappa shape index (κ2) is 8.64. The van der Waals surface area contributed by atoms with E-state index in [1.807, 2.05) is 54.6 Å². The first kappa shape index (κ1) is 16.7. The predicted molar refractivity (Wildman–Crippen MR) is 100 cm³/mol. The summed E-state index contributed by atoms with van der Waals surface area (Å²) in [5, 5.41) is 3.87. The summed E-state index contributed by atoms with van der Waals surface area (Å²) in [6.07, 6.45) is 6.23. The number of benzene rings is 2. The largest absolute Gasteiger partial charge is 0.445 e. The number of hydrogen-bond acceptors (Lipinski definition) is 3. The molecular formula is C21H20N2O2. The average molecular weight is 332 g/mol. The van der Waals surface area contributed by atoms with Crippen molar-refractivity contribution in [3.05, 3.63) is 84.1 Å². The number of carbonyl (C=O) groups is 1. The minimum Gasteiger partial charge on any atom is -0.445 e. The molecule has 0 unspecified atom stereocenters. The van der Waals surface area contributed by atoms with Crippen LogP contribution in [0, 0.1) is 0 Å². The lowest BCUT2D eigenvalue weighted by Gasteiger charge is -2.06. The fourth-order valence-electron chi connectivity index (χ4n) is 2.51. The molecule has 0 bridgehead atoms. The monoisotopic (exact) mass is 332 g/mol. The number of aromatic nitrogens is 1. The van der Waals surface area contributed by atoms with Crippen molar-refractivity contribution < 1.29 is 9.53 Å². The van der Waals surface area contributed by atoms with Gasteiger partial charge in [0.15, 0.2) is 0 Å². The summed E-state index contributed by atoms with van der Waals surface area (Å²) in [7, 11) is 0. The third-order valence-corrected chi connectivity index (χ3v) is 3.77. The third-order valence-electron chi connectivity index (χ3n) is 3.77. The van der Waals surface area contributed by atoms with Crippen LogP contribution in [0.25, 0.3) is 17.0 Å². The molecule has 0 spiro atoms. The molecule has 25 heavy (non-hydrogen) atoms. The fraction of sp³-hybridized carbons (Fsp3) is 0.143. The number of alkyl carbamates (subject to hydrolysis) is 1. The fourth-order valence-corrected chi connectivity index (χ4v) is 2.51. The average Bonchev–Trinajstić information content (AvgIpc) is 2.67. The van der Waals surface area contributed by atoms with Crippen molar-refractivity contribution in [1.29, 1.82) is 0 Å². The zero-order valence-corrected chi connectivity index (χ0v) is 13.9. The Labute approximate surface area is 147 Å². The van der Waals surface area contributed by atoms with Crippen LogP contribution in [0.1, 0.15) is 17.5 Å².